The van der Waals surface area contributed by atoms with Gasteiger partial charge in [-0.15, -0.1) is 11.3 Å². The van der Waals surface area contributed by atoms with Crippen molar-refractivity contribution in [2.45, 2.75) is 13.0 Å². The molecule has 0 saturated heterocycles. The Bertz CT molecular complexity index is 622. The van der Waals surface area contributed by atoms with Crippen LogP contribution in [0.5, 0.6) is 0 Å². The Labute approximate surface area is 121 Å². The molecule has 2 aromatic heterocycles. The molecule has 20 heavy (non-hydrogen) atoms. The molecule has 0 saturated carbocycles. The standard InChI is InChI=1S/C14H15N3O2S/c1-17(14(19)13-5-6-15-16-13)9-11-8-12(20-10-11)4-2-3-7-18/h5-6,8,10,18H,3,7,9H2,1H3,(H,15,16). The number of aromatic nitrogens is 2. The van der Waals surface area contributed by atoms with Crippen molar-refractivity contribution in [3.63, 3.8) is 0 Å². The van der Waals surface area contributed by atoms with Gasteiger partial charge >= 0.3 is 0 Å². The van der Waals surface area contributed by atoms with Crippen LogP contribution in [0.15, 0.2) is 23.7 Å². The van der Waals surface area contributed by atoms with Crippen molar-refractivity contribution < 1.29 is 9.90 Å². The number of aromatic amines is 1. The Kier molecular flexibility index (Phi) is 4.93. The fourth-order valence-electron chi connectivity index (χ4n) is 1.66. The number of amides is 1. The lowest BCUT2D eigenvalue weighted by Gasteiger charge is -2.14. The van der Waals surface area contributed by atoms with Crippen LogP contribution < -0.4 is 0 Å². The third-order valence-electron chi connectivity index (χ3n) is 2.60. The first-order valence-electron chi connectivity index (χ1n) is 6.12. The molecule has 0 aliphatic heterocycles. The maximum atomic E-state index is 12.0. The second-order valence-corrected chi connectivity index (χ2v) is 5.14. The second kappa shape index (κ2) is 6.89. The molecule has 0 radical (unpaired) electrons. The van der Waals surface area contributed by atoms with Crippen LogP contribution in [0.3, 0.4) is 0 Å². The average Bonchev–Trinajstić information content (AvgIpc) is 3.09. The molecule has 0 unspecified atom stereocenters. The smallest absolute Gasteiger partial charge is 0.271 e. The third-order valence-corrected chi connectivity index (χ3v) is 3.49. The first-order valence-corrected chi connectivity index (χ1v) is 7.00. The van der Waals surface area contributed by atoms with E-state index in [1.54, 1.807) is 24.2 Å². The number of hydrogen-bond donors (Lipinski definition) is 2. The van der Waals surface area contributed by atoms with Crippen molar-refractivity contribution in [3.8, 4) is 11.8 Å². The highest BCUT2D eigenvalue weighted by Crippen LogP contribution is 2.15. The van der Waals surface area contributed by atoms with Crippen molar-refractivity contribution >= 4 is 17.2 Å². The van der Waals surface area contributed by atoms with E-state index in [-0.39, 0.29) is 12.5 Å². The predicted octanol–water partition coefficient (Wildman–Crippen LogP) is 1.48. The van der Waals surface area contributed by atoms with Gasteiger partial charge in [-0.1, -0.05) is 11.8 Å². The lowest BCUT2D eigenvalue weighted by atomic mass is 10.2. The molecule has 2 aromatic rings. The van der Waals surface area contributed by atoms with Crippen molar-refractivity contribution in [3.05, 3.63) is 39.8 Å². The van der Waals surface area contributed by atoms with E-state index in [0.717, 1.165) is 10.4 Å². The van der Waals surface area contributed by atoms with E-state index in [1.807, 2.05) is 11.4 Å². The molecule has 0 aromatic carbocycles. The zero-order valence-corrected chi connectivity index (χ0v) is 11.9. The minimum Gasteiger partial charge on any atom is -0.395 e. The number of aliphatic hydroxyl groups is 1. The van der Waals surface area contributed by atoms with E-state index in [1.165, 1.54) is 11.3 Å². The van der Waals surface area contributed by atoms with Gasteiger partial charge in [0.15, 0.2) is 0 Å². The number of thiophene rings is 1. The monoisotopic (exact) mass is 289 g/mol. The highest BCUT2D eigenvalue weighted by atomic mass is 32.1. The van der Waals surface area contributed by atoms with E-state index < -0.39 is 0 Å². The summed E-state index contributed by atoms with van der Waals surface area (Å²) < 4.78 is 0. The molecular weight excluding hydrogens is 274 g/mol. The number of hydrogen-bond acceptors (Lipinski definition) is 4. The highest BCUT2D eigenvalue weighted by molar-refractivity contribution is 7.10. The molecule has 2 N–H and O–H groups in total. The van der Waals surface area contributed by atoms with Crippen LogP contribution in [0.2, 0.25) is 0 Å². The topological polar surface area (TPSA) is 69.2 Å². The summed E-state index contributed by atoms with van der Waals surface area (Å²) in [6.07, 6.45) is 2.03. The molecule has 1 amide bonds. The van der Waals surface area contributed by atoms with Crippen molar-refractivity contribution in [2.24, 2.45) is 0 Å². The van der Waals surface area contributed by atoms with Crippen molar-refractivity contribution in [1.82, 2.24) is 15.1 Å². The Hall–Kier alpha value is -2.10. The minimum absolute atomic E-state index is 0.0760. The number of carbonyl (C=O) groups is 1. The van der Waals surface area contributed by atoms with Crippen molar-refractivity contribution in [1.29, 1.82) is 0 Å². The van der Waals surface area contributed by atoms with E-state index in [9.17, 15) is 4.79 Å². The number of nitrogens with one attached hydrogen (secondary N) is 1. The number of carbonyl (C=O) groups excluding carboxylic acids is 1. The van der Waals surface area contributed by atoms with Crippen LogP contribution in [0.1, 0.15) is 27.3 Å². The Morgan fingerprint density at radius 1 is 1.60 bits per heavy atom. The molecule has 0 aliphatic carbocycles. The van der Waals surface area contributed by atoms with Crippen LogP contribution in [0.25, 0.3) is 0 Å². The van der Waals surface area contributed by atoms with Gasteiger partial charge in [-0.2, -0.15) is 5.10 Å². The SMILES string of the molecule is CN(Cc1csc(C#CCCO)c1)C(=O)c1ccn[nH]1. The Morgan fingerprint density at radius 2 is 2.45 bits per heavy atom. The van der Waals surface area contributed by atoms with E-state index >= 15 is 0 Å². The molecule has 104 valence electrons. The molecule has 2 heterocycles. The maximum Gasteiger partial charge on any atom is 0.271 e. The predicted molar refractivity (Wildman–Crippen MR) is 77.3 cm³/mol. The summed E-state index contributed by atoms with van der Waals surface area (Å²) >= 11 is 1.54. The highest BCUT2D eigenvalue weighted by Gasteiger charge is 2.13. The van der Waals surface area contributed by atoms with Gasteiger partial charge in [-0.3, -0.25) is 9.89 Å². The summed E-state index contributed by atoms with van der Waals surface area (Å²) in [5.41, 5.74) is 1.52. The normalized spacial score (nSPS) is 9.90. The fraction of sp³-hybridized carbons (Fsp3) is 0.286. The lowest BCUT2D eigenvalue weighted by Crippen LogP contribution is -2.26. The van der Waals surface area contributed by atoms with E-state index in [4.69, 9.17) is 5.11 Å². The molecule has 0 atom stereocenters. The van der Waals surface area contributed by atoms with Crippen molar-refractivity contribution in [2.75, 3.05) is 13.7 Å². The van der Waals surface area contributed by atoms with Crippen LogP contribution in [0.4, 0.5) is 0 Å². The quantitative estimate of drug-likeness (QED) is 0.838. The first-order chi connectivity index (χ1) is 9.70. The minimum atomic E-state index is -0.0957. The fourth-order valence-corrected chi connectivity index (χ4v) is 2.43. The number of aliphatic hydroxyl groups excluding tert-OH is 1. The van der Waals surface area contributed by atoms with Crippen LogP contribution in [-0.4, -0.2) is 39.8 Å². The number of H-pyrrole nitrogens is 1. The molecular formula is C14H15N3O2S. The summed E-state index contributed by atoms with van der Waals surface area (Å²) in [7, 11) is 1.75. The van der Waals surface area contributed by atoms with E-state index in [0.29, 0.717) is 18.7 Å². The van der Waals surface area contributed by atoms with Gasteiger partial charge < -0.3 is 10.0 Å². The summed E-state index contributed by atoms with van der Waals surface area (Å²) in [4.78, 5) is 14.6. The molecule has 0 spiro atoms. The van der Waals surface area contributed by atoms with Gasteiger partial charge in [-0.25, -0.2) is 0 Å². The number of rotatable bonds is 4. The second-order valence-electron chi connectivity index (χ2n) is 4.23. The van der Waals surface area contributed by atoms with Crippen LogP contribution in [0, 0.1) is 11.8 Å². The maximum absolute atomic E-state index is 12.0. The largest absolute Gasteiger partial charge is 0.395 e. The van der Waals surface area contributed by atoms with E-state index in [2.05, 4.69) is 22.0 Å². The molecule has 5 nitrogen and oxygen atoms in total. The van der Waals surface area contributed by atoms with Gasteiger partial charge in [0.1, 0.15) is 5.69 Å². The summed E-state index contributed by atoms with van der Waals surface area (Å²) in [6.45, 7) is 0.600. The Balaban J connectivity index is 1.97. The zero-order valence-electron chi connectivity index (χ0n) is 11.1. The number of nitrogens with zero attached hydrogens (tertiary/aromatic N) is 2. The van der Waals surface area contributed by atoms with Crippen LogP contribution in [-0.2, 0) is 6.54 Å². The molecule has 0 fully saturated rings. The average molecular weight is 289 g/mol. The summed E-state index contributed by atoms with van der Waals surface area (Å²) in [5.74, 6) is 5.77. The summed E-state index contributed by atoms with van der Waals surface area (Å²) in [5, 5.41) is 17.1. The molecule has 0 bridgehead atoms. The lowest BCUT2D eigenvalue weighted by molar-refractivity contribution is 0.0779. The summed E-state index contributed by atoms with van der Waals surface area (Å²) in [6, 6.07) is 3.62. The Morgan fingerprint density at radius 3 is 3.15 bits per heavy atom. The molecule has 6 heteroatoms. The van der Waals surface area contributed by atoms with Gasteiger partial charge in [-0.05, 0) is 23.1 Å². The first kappa shape index (κ1) is 14.3. The molecule has 0 aliphatic rings. The molecule has 2 rings (SSSR count). The van der Waals surface area contributed by atoms with Gasteiger partial charge in [0.2, 0.25) is 0 Å². The van der Waals surface area contributed by atoms with Crippen LogP contribution >= 0.6 is 11.3 Å². The zero-order chi connectivity index (χ0) is 14.4. The third kappa shape index (κ3) is 3.70. The van der Waals surface area contributed by atoms with Gasteiger partial charge in [0.25, 0.3) is 5.91 Å². The van der Waals surface area contributed by atoms with Gasteiger partial charge in [0.05, 0.1) is 11.5 Å². The van der Waals surface area contributed by atoms with Gasteiger partial charge in [0, 0.05) is 26.2 Å².